The number of hydrogen-bond acceptors (Lipinski definition) is 3. The number of para-hydroxylation sites is 2. The number of imidazole rings is 1. The van der Waals surface area contributed by atoms with Gasteiger partial charge >= 0.3 is 0 Å². The number of aromatic amines is 1. The third kappa shape index (κ3) is 2.64. The van der Waals surface area contributed by atoms with Gasteiger partial charge in [0, 0.05) is 6.54 Å². The van der Waals surface area contributed by atoms with E-state index in [0.717, 1.165) is 30.1 Å². The number of hydrogen-bond donors (Lipinski definition) is 2. The van der Waals surface area contributed by atoms with E-state index in [-0.39, 0.29) is 0 Å². The summed E-state index contributed by atoms with van der Waals surface area (Å²) in [7, 11) is 0. The van der Waals surface area contributed by atoms with E-state index in [1.165, 1.54) is 25.7 Å². The Labute approximate surface area is 107 Å². The molecule has 1 aromatic heterocycles. The van der Waals surface area contributed by atoms with Gasteiger partial charge in [-0.25, -0.2) is 4.98 Å². The van der Waals surface area contributed by atoms with Gasteiger partial charge in [-0.05, 0) is 25.0 Å². The first-order chi connectivity index (χ1) is 8.92. The lowest BCUT2D eigenvalue weighted by Crippen LogP contribution is -2.15. The van der Waals surface area contributed by atoms with E-state index in [2.05, 4.69) is 15.3 Å². The highest BCUT2D eigenvalue weighted by atomic mass is 16.5. The van der Waals surface area contributed by atoms with Crippen molar-refractivity contribution in [2.75, 3.05) is 18.5 Å². The summed E-state index contributed by atoms with van der Waals surface area (Å²) in [6, 6.07) is 8.04. The fourth-order valence-corrected chi connectivity index (χ4v) is 2.49. The van der Waals surface area contributed by atoms with Crippen LogP contribution in [0.5, 0.6) is 0 Å². The maximum atomic E-state index is 5.79. The number of aromatic nitrogens is 2. The van der Waals surface area contributed by atoms with Crippen LogP contribution in [0.25, 0.3) is 11.0 Å². The summed E-state index contributed by atoms with van der Waals surface area (Å²) >= 11 is 0. The molecular weight excluding hydrogens is 226 g/mol. The number of nitrogens with one attached hydrogen (secondary N) is 2. The molecule has 0 atom stereocenters. The van der Waals surface area contributed by atoms with Gasteiger partial charge in [-0.2, -0.15) is 0 Å². The summed E-state index contributed by atoms with van der Waals surface area (Å²) in [6.45, 7) is 1.55. The molecule has 4 heteroatoms. The number of H-pyrrole nitrogens is 1. The van der Waals surface area contributed by atoms with Gasteiger partial charge in [-0.1, -0.05) is 25.0 Å². The Bertz CT molecular complexity index is 469. The third-order valence-electron chi connectivity index (χ3n) is 3.44. The summed E-state index contributed by atoms with van der Waals surface area (Å²) in [5.41, 5.74) is 2.06. The molecule has 1 aliphatic carbocycles. The molecule has 1 fully saturated rings. The van der Waals surface area contributed by atoms with Crippen LogP contribution in [0.3, 0.4) is 0 Å². The van der Waals surface area contributed by atoms with Crippen LogP contribution in [0.4, 0.5) is 5.95 Å². The first-order valence-electron chi connectivity index (χ1n) is 6.72. The van der Waals surface area contributed by atoms with E-state index in [9.17, 15) is 0 Å². The van der Waals surface area contributed by atoms with Crippen LogP contribution in [-0.4, -0.2) is 29.2 Å². The number of benzene rings is 1. The van der Waals surface area contributed by atoms with Crippen LogP contribution in [0.15, 0.2) is 24.3 Å². The maximum absolute atomic E-state index is 5.79. The SMILES string of the molecule is c1ccc2[nH]c(NCCOC3CCCC3)nc2c1. The number of rotatable bonds is 5. The molecule has 1 heterocycles. The van der Waals surface area contributed by atoms with E-state index in [0.29, 0.717) is 6.10 Å². The molecule has 0 aliphatic heterocycles. The molecule has 18 heavy (non-hydrogen) atoms. The molecule has 0 bridgehead atoms. The molecule has 0 spiro atoms. The highest BCUT2D eigenvalue weighted by Crippen LogP contribution is 2.20. The largest absolute Gasteiger partial charge is 0.376 e. The van der Waals surface area contributed by atoms with Crippen molar-refractivity contribution in [2.24, 2.45) is 0 Å². The molecular formula is C14H19N3O. The predicted octanol–water partition coefficient (Wildman–Crippen LogP) is 2.93. The lowest BCUT2D eigenvalue weighted by atomic mass is 10.3. The van der Waals surface area contributed by atoms with E-state index >= 15 is 0 Å². The van der Waals surface area contributed by atoms with Crippen LogP contribution in [0, 0.1) is 0 Å². The molecule has 4 nitrogen and oxygen atoms in total. The Morgan fingerprint density at radius 3 is 2.94 bits per heavy atom. The number of ether oxygens (including phenoxy) is 1. The molecule has 2 N–H and O–H groups in total. The summed E-state index contributed by atoms with van der Waals surface area (Å²) in [6.07, 6.45) is 5.58. The normalized spacial score (nSPS) is 16.4. The van der Waals surface area contributed by atoms with Crippen LogP contribution in [0.2, 0.25) is 0 Å². The summed E-state index contributed by atoms with van der Waals surface area (Å²) < 4.78 is 5.79. The highest BCUT2D eigenvalue weighted by molar-refractivity contribution is 5.77. The van der Waals surface area contributed by atoms with E-state index in [4.69, 9.17) is 4.74 Å². The van der Waals surface area contributed by atoms with Crippen molar-refractivity contribution in [2.45, 2.75) is 31.8 Å². The van der Waals surface area contributed by atoms with Crippen LogP contribution in [0.1, 0.15) is 25.7 Å². The fourth-order valence-electron chi connectivity index (χ4n) is 2.49. The molecule has 0 unspecified atom stereocenters. The van der Waals surface area contributed by atoms with Crippen molar-refractivity contribution in [1.82, 2.24) is 9.97 Å². The van der Waals surface area contributed by atoms with E-state index in [1.54, 1.807) is 0 Å². The lowest BCUT2D eigenvalue weighted by molar-refractivity contribution is 0.0658. The molecule has 2 aromatic rings. The minimum Gasteiger partial charge on any atom is -0.376 e. The molecule has 0 saturated heterocycles. The van der Waals surface area contributed by atoms with Gasteiger partial charge in [-0.15, -0.1) is 0 Å². The third-order valence-corrected chi connectivity index (χ3v) is 3.44. The number of anilines is 1. The summed E-state index contributed by atoms with van der Waals surface area (Å²) in [5.74, 6) is 0.825. The average Bonchev–Trinajstić information content (AvgIpc) is 3.03. The number of nitrogens with zero attached hydrogens (tertiary/aromatic N) is 1. The predicted molar refractivity (Wildman–Crippen MR) is 72.8 cm³/mol. The summed E-state index contributed by atoms with van der Waals surface area (Å²) in [5, 5.41) is 3.27. The Kier molecular flexibility index (Phi) is 3.46. The zero-order chi connectivity index (χ0) is 12.2. The van der Waals surface area contributed by atoms with Crippen LogP contribution in [-0.2, 0) is 4.74 Å². The van der Waals surface area contributed by atoms with Gasteiger partial charge in [0.25, 0.3) is 0 Å². The smallest absolute Gasteiger partial charge is 0.201 e. The van der Waals surface area contributed by atoms with Gasteiger partial charge in [0.1, 0.15) is 0 Å². The van der Waals surface area contributed by atoms with Crippen LogP contribution >= 0.6 is 0 Å². The maximum Gasteiger partial charge on any atom is 0.201 e. The minimum atomic E-state index is 0.488. The quantitative estimate of drug-likeness (QED) is 0.796. The monoisotopic (exact) mass is 245 g/mol. The van der Waals surface area contributed by atoms with Crippen molar-refractivity contribution < 1.29 is 4.74 Å². The van der Waals surface area contributed by atoms with Crippen molar-refractivity contribution >= 4 is 17.0 Å². The Balaban J connectivity index is 1.47. The van der Waals surface area contributed by atoms with Gasteiger partial charge in [0.05, 0.1) is 23.7 Å². The molecule has 1 aromatic carbocycles. The molecule has 1 aliphatic rings. The Morgan fingerprint density at radius 1 is 1.28 bits per heavy atom. The highest BCUT2D eigenvalue weighted by Gasteiger charge is 2.14. The summed E-state index contributed by atoms with van der Waals surface area (Å²) in [4.78, 5) is 7.71. The van der Waals surface area contributed by atoms with Crippen molar-refractivity contribution in [3.8, 4) is 0 Å². The fraction of sp³-hybridized carbons (Fsp3) is 0.500. The van der Waals surface area contributed by atoms with Crippen molar-refractivity contribution in [1.29, 1.82) is 0 Å². The first kappa shape index (κ1) is 11.5. The minimum absolute atomic E-state index is 0.488. The lowest BCUT2D eigenvalue weighted by Gasteiger charge is -2.10. The van der Waals surface area contributed by atoms with Gasteiger partial charge in [0.15, 0.2) is 0 Å². The molecule has 1 saturated carbocycles. The van der Waals surface area contributed by atoms with Gasteiger partial charge < -0.3 is 15.0 Å². The zero-order valence-electron chi connectivity index (χ0n) is 10.5. The van der Waals surface area contributed by atoms with E-state index in [1.807, 2.05) is 24.3 Å². The standard InChI is InChI=1S/C14H19N3O/c1-2-6-11(5-1)18-10-9-15-14-16-12-7-3-4-8-13(12)17-14/h3-4,7-8,11H,1-2,5-6,9-10H2,(H2,15,16,17). The zero-order valence-corrected chi connectivity index (χ0v) is 10.5. The molecule has 96 valence electrons. The molecule has 0 radical (unpaired) electrons. The molecule has 0 amide bonds. The van der Waals surface area contributed by atoms with Gasteiger partial charge in [-0.3, -0.25) is 0 Å². The first-order valence-corrected chi connectivity index (χ1v) is 6.72. The van der Waals surface area contributed by atoms with Crippen molar-refractivity contribution in [3.63, 3.8) is 0 Å². The van der Waals surface area contributed by atoms with Crippen LogP contribution < -0.4 is 5.32 Å². The second-order valence-electron chi connectivity index (χ2n) is 4.81. The van der Waals surface area contributed by atoms with E-state index < -0.39 is 0 Å². The second-order valence-corrected chi connectivity index (χ2v) is 4.81. The van der Waals surface area contributed by atoms with Crippen molar-refractivity contribution in [3.05, 3.63) is 24.3 Å². The average molecular weight is 245 g/mol. The molecule has 3 rings (SSSR count). The van der Waals surface area contributed by atoms with Gasteiger partial charge in [0.2, 0.25) is 5.95 Å². The Hall–Kier alpha value is -1.55. The second kappa shape index (κ2) is 5.40. The number of fused-ring (bicyclic) bond motifs is 1. The Morgan fingerprint density at radius 2 is 2.11 bits per heavy atom. The topological polar surface area (TPSA) is 49.9 Å².